The Morgan fingerprint density at radius 1 is 1.35 bits per heavy atom. The summed E-state index contributed by atoms with van der Waals surface area (Å²) in [5.41, 5.74) is 4.22. The molecule has 0 saturated heterocycles. The first kappa shape index (κ1) is 13.2. The maximum absolute atomic E-state index is 11.2. The van der Waals surface area contributed by atoms with Crippen molar-refractivity contribution >= 4 is 11.8 Å². The molecule has 0 aliphatic heterocycles. The van der Waals surface area contributed by atoms with Gasteiger partial charge in [-0.05, 0) is 18.4 Å². The smallest absolute Gasteiger partial charge is 0.427 e. The van der Waals surface area contributed by atoms with Gasteiger partial charge in [0.05, 0.1) is 12.3 Å². The molecule has 0 unspecified atom stereocenters. The fourth-order valence-electron chi connectivity index (χ4n) is 1.41. The van der Waals surface area contributed by atoms with Gasteiger partial charge in [0, 0.05) is 0 Å². The monoisotopic (exact) mass is 234 g/mol. The zero-order valence-corrected chi connectivity index (χ0v) is 10.4. The van der Waals surface area contributed by atoms with E-state index in [4.69, 9.17) is 4.74 Å². The highest BCUT2D eigenvalue weighted by Crippen LogP contribution is 2.08. The molecule has 1 rings (SSSR count). The van der Waals surface area contributed by atoms with Gasteiger partial charge in [0.1, 0.15) is 0 Å². The lowest BCUT2D eigenvalue weighted by atomic mass is 10.0. The second-order valence-corrected chi connectivity index (χ2v) is 3.85. The fourth-order valence-corrected chi connectivity index (χ4v) is 1.41. The summed E-state index contributed by atoms with van der Waals surface area (Å²) in [7, 11) is 0. The minimum absolute atomic E-state index is 0.222. The molecule has 4 heteroatoms. The number of amides is 1. The van der Waals surface area contributed by atoms with Crippen LogP contribution in [-0.4, -0.2) is 18.4 Å². The SMILES string of the molecule is CCOC(=O)N/N=C(/c1ccccc1)C(C)C. The van der Waals surface area contributed by atoms with E-state index < -0.39 is 6.09 Å². The summed E-state index contributed by atoms with van der Waals surface area (Å²) in [6.45, 7) is 6.14. The fraction of sp³-hybridized carbons (Fsp3) is 0.385. The number of nitrogens with zero attached hydrogens (tertiary/aromatic N) is 1. The highest BCUT2D eigenvalue weighted by atomic mass is 16.5. The van der Waals surface area contributed by atoms with Crippen LogP contribution in [0.5, 0.6) is 0 Å². The number of carbonyl (C=O) groups is 1. The van der Waals surface area contributed by atoms with Crippen LogP contribution in [0, 0.1) is 5.92 Å². The van der Waals surface area contributed by atoms with E-state index in [-0.39, 0.29) is 5.92 Å². The van der Waals surface area contributed by atoms with E-state index in [0.29, 0.717) is 6.61 Å². The summed E-state index contributed by atoms with van der Waals surface area (Å²) in [5.74, 6) is 0.222. The van der Waals surface area contributed by atoms with Gasteiger partial charge in [0.25, 0.3) is 0 Å². The Balaban J connectivity index is 2.80. The highest BCUT2D eigenvalue weighted by Gasteiger charge is 2.09. The number of carbonyl (C=O) groups excluding carboxylic acids is 1. The summed E-state index contributed by atoms with van der Waals surface area (Å²) >= 11 is 0. The summed E-state index contributed by atoms with van der Waals surface area (Å²) in [6.07, 6.45) is -0.526. The predicted octanol–water partition coefficient (Wildman–Crippen LogP) is 2.79. The predicted molar refractivity (Wildman–Crippen MR) is 68.0 cm³/mol. The van der Waals surface area contributed by atoms with E-state index in [9.17, 15) is 4.79 Å². The number of rotatable bonds is 4. The van der Waals surface area contributed by atoms with E-state index >= 15 is 0 Å². The van der Waals surface area contributed by atoms with Gasteiger partial charge in [-0.1, -0.05) is 44.2 Å². The Labute approximate surface area is 102 Å². The van der Waals surface area contributed by atoms with Crippen molar-refractivity contribution in [2.75, 3.05) is 6.61 Å². The van der Waals surface area contributed by atoms with Crippen LogP contribution in [0.1, 0.15) is 26.3 Å². The third kappa shape index (κ3) is 4.26. The van der Waals surface area contributed by atoms with E-state index in [2.05, 4.69) is 10.5 Å². The van der Waals surface area contributed by atoms with Gasteiger partial charge in [-0.15, -0.1) is 0 Å². The van der Waals surface area contributed by atoms with Crippen molar-refractivity contribution < 1.29 is 9.53 Å². The molecule has 17 heavy (non-hydrogen) atoms. The molecule has 0 bridgehead atoms. The zero-order chi connectivity index (χ0) is 12.7. The highest BCUT2D eigenvalue weighted by molar-refractivity contribution is 6.02. The van der Waals surface area contributed by atoms with Crippen molar-refractivity contribution in [3.63, 3.8) is 0 Å². The van der Waals surface area contributed by atoms with Crippen molar-refractivity contribution in [2.24, 2.45) is 11.0 Å². The molecular weight excluding hydrogens is 216 g/mol. The lowest BCUT2D eigenvalue weighted by Crippen LogP contribution is -2.22. The maximum Gasteiger partial charge on any atom is 0.427 e. The first-order chi connectivity index (χ1) is 8.15. The molecule has 0 heterocycles. The third-order valence-corrected chi connectivity index (χ3v) is 2.16. The van der Waals surface area contributed by atoms with Crippen LogP contribution in [0.2, 0.25) is 0 Å². The molecule has 0 aliphatic carbocycles. The lowest BCUT2D eigenvalue weighted by Gasteiger charge is -2.10. The Kier molecular flexibility index (Phi) is 5.20. The average molecular weight is 234 g/mol. The summed E-state index contributed by atoms with van der Waals surface area (Å²) in [5, 5.41) is 4.10. The molecule has 0 fully saturated rings. The van der Waals surface area contributed by atoms with Gasteiger partial charge >= 0.3 is 6.09 Å². The standard InChI is InChI=1S/C13H18N2O2/c1-4-17-13(16)15-14-12(10(2)3)11-8-6-5-7-9-11/h5-10H,4H2,1-3H3,(H,15,16)/b14-12+. The molecule has 0 saturated carbocycles. The second-order valence-electron chi connectivity index (χ2n) is 3.85. The Hall–Kier alpha value is -1.84. The van der Waals surface area contributed by atoms with Crippen LogP contribution in [-0.2, 0) is 4.74 Å². The Bertz CT molecular complexity index is 386. The van der Waals surface area contributed by atoms with Crippen LogP contribution in [0.3, 0.4) is 0 Å². The van der Waals surface area contributed by atoms with Gasteiger partial charge in [0.2, 0.25) is 0 Å². The van der Waals surface area contributed by atoms with E-state index in [0.717, 1.165) is 11.3 Å². The van der Waals surface area contributed by atoms with Gasteiger partial charge in [-0.25, -0.2) is 10.2 Å². The molecule has 1 aromatic carbocycles. The molecule has 1 N–H and O–H groups in total. The lowest BCUT2D eigenvalue weighted by molar-refractivity contribution is 0.152. The number of benzene rings is 1. The van der Waals surface area contributed by atoms with Crippen molar-refractivity contribution in [1.82, 2.24) is 5.43 Å². The molecule has 4 nitrogen and oxygen atoms in total. The molecule has 1 amide bonds. The molecule has 0 atom stereocenters. The first-order valence-electron chi connectivity index (χ1n) is 5.71. The van der Waals surface area contributed by atoms with Crippen LogP contribution >= 0.6 is 0 Å². The van der Waals surface area contributed by atoms with Crippen LogP contribution in [0.4, 0.5) is 4.79 Å². The van der Waals surface area contributed by atoms with Crippen molar-refractivity contribution in [2.45, 2.75) is 20.8 Å². The van der Waals surface area contributed by atoms with E-state index in [1.807, 2.05) is 44.2 Å². The topological polar surface area (TPSA) is 50.7 Å². The van der Waals surface area contributed by atoms with Crippen LogP contribution < -0.4 is 5.43 Å². The maximum atomic E-state index is 11.2. The van der Waals surface area contributed by atoms with Gasteiger partial charge in [0.15, 0.2) is 0 Å². The molecular formula is C13H18N2O2. The number of hydrazone groups is 1. The van der Waals surface area contributed by atoms with Crippen LogP contribution in [0.25, 0.3) is 0 Å². The number of hydrogen-bond donors (Lipinski definition) is 1. The van der Waals surface area contributed by atoms with Crippen LogP contribution in [0.15, 0.2) is 35.4 Å². The number of hydrogen-bond acceptors (Lipinski definition) is 3. The van der Waals surface area contributed by atoms with Gasteiger partial charge < -0.3 is 4.74 Å². The van der Waals surface area contributed by atoms with Gasteiger partial charge in [-0.3, -0.25) is 0 Å². The quantitative estimate of drug-likeness (QED) is 0.643. The van der Waals surface area contributed by atoms with Crippen molar-refractivity contribution in [1.29, 1.82) is 0 Å². The van der Waals surface area contributed by atoms with Crippen molar-refractivity contribution in [3.05, 3.63) is 35.9 Å². The van der Waals surface area contributed by atoms with E-state index in [1.165, 1.54) is 0 Å². The molecule has 0 aliphatic rings. The zero-order valence-electron chi connectivity index (χ0n) is 10.4. The molecule has 0 aromatic heterocycles. The van der Waals surface area contributed by atoms with Crippen molar-refractivity contribution in [3.8, 4) is 0 Å². The molecule has 0 radical (unpaired) electrons. The largest absolute Gasteiger partial charge is 0.449 e. The summed E-state index contributed by atoms with van der Waals surface area (Å²) in [6, 6.07) is 9.76. The molecule has 92 valence electrons. The molecule has 0 spiro atoms. The summed E-state index contributed by atoms with van der Waals surface area (Å²) < 4.78 is 4.75. The Morgan fingerprint density at radius 2 is 2.00 bits per heavy atom. The summed E-state index contributed by atoms with van der Waals surface area (Å²) in [4.78, 5) is 11.2. The minimum atomic E-state index is -0.526. The molecule has 1 aromatic rings. The number of ether oxygens (including phenoxy) is 1. The van der Waals surface area contributed by atoms with E-state index in [1.54, 1.807) is 6.92 Å². The number of nitrogens with one attached hydrogen (secondary N) is 1. The van der Waals surface area contributed by atoms with Gasteiger partial charge in [-0.2, -0.15) is 5.10 Å². The average Bonchev–Trinajstić information content (AvgIpc) is 2.30. The Morgan fingerprint density at radius 3 is 2.53 bits per heavy atom. The minimum Gasteiger partial charge on any atom is -0.449 e. The second kappa shape index (κ2) is 6.68. The first-order valence-corrected chi connectivity index (χ1v) is 5.71. The third-order valence-electron chi connectivity index (χ3n) is 2.16. The normalized spacial score (nSPS) is 11.4.